The third kappa shape index (κ3) is 14.6. The van der Waals surface area contributed by atoms with Gasteiger partial charge >= 0.3 is 52.9 Å². The molecule has 0 spiro atoms. The van der Waals surface area contributed by atoms with Crippen LogP contribution in [-0.2, 0) is 0 Å². The van der Waals surface area contributed by atoms with Gasteiger partial charge in [0.25, 0.3) is 0 Å². The fourth-order valence-corrected chi connectivity index (χ4v) is 6.20. The van der Waals surface area contributed by atoms with Crippen LogP contribution in [0.5, 0.6) is 0 Å². The van der Waals surface area contributed by atoms with Gasteiger partial charge in [-0.3, -0.25) is 0 Å². The van der Waals surface area contributed by atoms with Gasteiger partial charge in [-0.15, -0.1) is 0 Å². The summed E-state index contributed by atoms with van der Waals surface area (Å²) in [6.45, 7) is 6.13. The molecule has 0 radical (unpaired) electrons. The fourth-order valence-electron chi connectivity index (χ4n) is 1.98. The molecule has 2 nitrogen and oxygen atoms in total. The Labute approximate surface area is 139 Å². The average molecular weight is 406 g/mol. The Hall–Kier alpha value is -0.130. The van der Waals surface area contributed by atoms with Crippen molar-refractivity contribution in [3.8, 4) is 0 Å². The predicted molar refractivity (Wildman–Crippen MR) is 107 cm³/mol. The average Bonchev–Trinajstić information content (AvgIpc) is 3.04. The number of alkyl halides is 3. The Kier molecular flexibility index (Phi) is 16.1. The van der Waals surface area contributed by atoms with Crippen molar-refractivity contribution in [2.45, 2.75) is 45.6 Å². The molecule has 3 heteroatoms. The van der Waals surface area contributed by atoms with Crippen LogP contribution >= 0.6 is 19.8 Å². The van der Waals surface area contributed by atoms with E-state index in [2.05, 4.69) is 10.2 Å². The molecule has 2 aliphatic rings. The van der Waals surface area contributed by atoms with Crippen molar-refractivity contribution >= 4 is 19.8 Å². The Balaban J connectivity index is 0.000000271. The van der Waals surface area contributed by atoms with E-state index < -0.39 is 0 Å². The summed E-state index contributed by atoms with van der Waals surface area (Å²) in [5.41, 5.74) is 5.47. The van der Waals surface area contributed by atoms with Crippen LogP contribution in [0.1, 0.15) is 39.5 Å². The summed E-state index contributed by atoms with van der Waals surface area (Å²) in [5, 5.41) is 3.15. The predicted octanol–water partition coefficient (Wildman–Crippen LogP) is 4.33. The Bertz CT molecular complexity index is 254. The Morgan fingerprint density at radius 2 is 1.38 bits per heavy atom. The quantitative estimate of drug-likeness (QED) is 0.497. The molecule has 0 saturated carbocycles. The maximum Gasteiger partial charge on any atom is 0.0177 e. The second-order valence-corrected chi connectivity index (χ2v) is 11.4. The molecule has 2 saturated heterocycles. The molecule has 2 fully saturated rings. The summed E-state index contributed by atoms with van der Waals surface area (Å²) >= 11 is -0.239. The van der Waals surface area contributed by atoms with Gasteiger partial charge < -0.3 is 11.1 Å². The molecule has 3 rings (SSSR count). The topological polar surface area (TPSA) is 38.0 Å². The Morgan fingerprint density at radius 1 is 0.905 bits per heavy atom. The molecule has 0 amide bonds. The molecule has 0 bridgehead atoms. The summed E-state index contributed by atoms with van der Waals surface area (Å²) in [7, 11) is 0. The first-order valence-corrected chi connectivity index (χ1v) is 13.5. The summed E-state index contributed by atoms with van der Waals surface area (Å²) in [5.74, 6) is 0. The second kappa shape index (κ2) is 16.2. The van der Waals surface area contributed by atoms with Crippen molar-refractivity contribution in [2.24, 2.45) is 5.73 Å². The SMILES string of the molecule is CC.CI1CCCCC1.NC1CCNC1.c1ccccc1. The van der Waals surface area contributed by atoms with E-state index in [9.17, 15) is 0 Å². The van der Waals surface area contributed by atoms with E-state index in [1.807, 2.05) is 50.2 Å². The van der Waals surface area contributed by atoms with E-state index in [0.717, 1.165) is 19.5 Å². The summed E-state index contributed by atoms with van der Waals surface area (Å²) in [6, 6.07) is 12.4. The van der Waals surface area contributed by atoms with Gasteiger partial charge in [0.2, 0.25) is 0 Å². The molecule has 3 N–H and O–H groups in total. The smallest absolute Gasteiger partial charge is 0.0177 e. The molecule has 0 aliphatic carbocycles. The first-order valence-electron chi connectivity index (χ1n) is 8.27. The van der Waals surface area contributed by atoms with Crippen LogP contribution in [-0.4, -0.2) is 32.9 Å². The van der Waals surface area contributed by atoms with E-state index in [4.69, 9.17) is 5.73 Å². The standard InChI is InChI=1S/C6H13I.C6H6.C4H10N2.C2H6/c1-7-5-3-2-4-6-7;1-2-4-6-5-3-1;5-4-1-2-6-3-4;1-2/h2-6H2,1H3;1-6H;4,6H,1-3,5H2;1-2H3. The van der Waals surface area contributed by atoms with Crippen LogP contribution in [0.15, 0.2) is 36.4 Å². The summed E-state index contributed by atoms with van der Waals surface area (Å²) in [6.07, 6.45) is 5.80. The summed E-state index contributed by atoms with van der Waals surface area (Å²) < 4.78 is 3.29. The van der Waals surface area contributed by atoms with Crippen molar-refractivity contribution in [3.63, 3.8) is 0 Å². The normalized spacial score (nSPS) is 21.7. The van der Waals surface area contributed by atoms with E-state index >= 15 is 0 Å². The number of hydrogen-bond acceptors (Lipinski definition) is 2. The van der Waals surface area contributed by atoms with Gasteiger partial charge in [0.05, 0.1) is 0 Å². The number of halogens is 1. The van der Waals surface area contributed by atoms with Gasteiger partial charge in [-0.25, -0.2) is 0 Å². The zero-order valence-corrected chi connectivity index (χ0v) is 16.3. The summed E-state index contributed by atoms with van der Waals surface area (Å²) in [4.78, 5) is 2.52. The maximum absolute atomic E-state index is 5.47. The molecule has 2 heterocycles. The molecule has 1 atom stereocenters. The first kappa shape index (κ1) is 20.9. The zero-order valence-electron chi connectivity index (χ0n) is 14.2. The van der Waals surface area contributed by atoms with Crippen molar-refractivity contribution < 1.29 is 0 Å². The van der Waals surface area contributed by atoms with Gasteiger partial charge in [-0.2, -0.15) is 0 Å². The maximum atomic E-state index is 5.47. The number of rotatable bonds is 0. The van der Waals surface area contributed by atoms with Crippen LogP contribution in [0, 0.1) is 0 Å². The first-order chi connectivity index (χ1) is 10.3. The van der Waals surface area contributed by atoms with Crippen LogP contribution in [0.4, 0.5) is 0 Å². The van der Waals surface area contributed by atoms with Crippen molar-refractivity contribution in [1.82, 2.24) is 5.32 Å². The Morgan fingerprint density at radius 3 is 1.57 bits per heavy atom. The van der Waals surface area contributed by atoms with Crippen LogP contribution in [0.25, 0.3) is 0 Å². The minimum Gasteiger partial charge on any atom is -0.327 e. The van der Waals surface area contributed by atoms with Gasteiger partial charge in [0, 0.05) is 12.6 Å². The molecule has 2 aliphatic heterocycles. The van der Waals surface area contributed by atoms with Crippen LogP contribution in [0.2, 0.25) is 0 Å². The molecule has 124 valence electrons. The number of benzene rings is 1. The van der Waals surface area contributed by atoms with E-state index in [1.54, 1.807) is 21.7 Å². The third-order valence-electron chi connectivity index (χ3n) is 3.18. The number of nitrogens with two attached hydrogens (primary N) is 1. The van der Waals surface area contributed by atoms with E-state index in [1.165, 1.54) is 6.42 Å². The van der Waals surface area contributed by atoms with E-state index in [-0.39, 0.29) is 19.8 Å². The largest absolute Gasteiger partial charge is 0.327 e. The molecule has 0 aromatic heterocycles. The molecule has 21 heavy (non-hydrogen) atoms. The van der Waals surface area contributed by atoms with Gasteiger partial charge in [0.15, 0.2) is 0 Å². The molecule has 1 aromatic carbocycles. The molecule has 1 unspecified atom stereocenters. The fraction of sp³-hybridized carbons (Fsp3) is 0.667. The molecular weight excluding hydrogens is 371 g/mol. The van der Waals surface area contributed by atoms with Crippen molar-refractivity contribution in [2.75, 3.05) is 26.9 Å². The zero-order chi connectivity index (χ0) is 15.8. The second-order valence-electron chi connectivity index (χ2n) is 5.07. The van der Waals surface area contributed by atoms with E-state index in [0.29, 0.717) is 6.04 Å². The van der Waals surface area contributed by atoms with Gasteiger partial charge in [0.1, 0.15) is 0 Å². The molecule has 1 aromatic rings. The van der Waals surface area contributed by atoms with Gasteiger partial charge in [-0.1, -0.05) is 50.2 Å². The third-order valence-corrected chi connectivity index (χ3v) is 8.39. The number of nitrogens with one attached hydrogen (secondary N) is 1. The molecular formula is C18H35IN2. The monoisotopic (exact) mass is 406 g/mol. The number of hydrogen-bond donors (Lipinski definition) is 2. The van der Waals surface area contributed by atoms with Crippen LogP contribution < -0.4 is 11.1 Å². The minimum absolute atomic E-state index is 0.239. The van der Waals surface area contributed by atoms with Gasteiger partial charge in [-0.05, 0) is 13.0 Å². The minimum atomic E-state index is -0.239. The van der Waals surface area contributed by atoms with Crippen molar-refractivity contribution in [1.29, 1.82) is 0 Å². The van der Waals surface area contributed by atoms with Crippen molar-refractivity contribution in [3.05, 3.63) is 36.4 Å². The van der Waals surface area contributed by atoms with Crippen LogP contribution in [0.3, 0.4) is 0 Å².